The number of carbonyl (C=O) groups excluding carboxylic acids is 2. The first-order valence-electron chi connectivity index (χ1n) is 7.69. The third-order valence-electron chi connectivity index (χ3n) is 4.06. The van der Waals surface area contributed by atoms with Crippen molar-refractivity contribution in [1.29, 1.82) is 0 Å². The molecule has 2 aromatic carbocycles. The summed E-state index contributed by atoms with van der Waals surface area (Å²) in [5.74, 6) is 0.393. The van der Waals surface area contributed by atoms with Gasteiger partial charge in [-0.3, -0.25) is 9.69 Å². The van der Waals surface area contributed by atoms with Gasteiger partial charge in [-0.1, -0.05) is 50.1 Å². The smallest absolute Gasteiger partial charge is 0.325 e. The Bertz CT molecular complexity index is 827. The lowest BCUT2D eigenvalue weighted by molar-refractivity contribution is -0.131. The SMILES string of the molecule is CC1(c2cccc(Br)c2)NC(=O)N(CCOc2cccc(Br)c2)C1=O. The highest BCUT2D eigenvalue weighted by Gasteiger charge is 2.48. The van der Waals surface area contributed by atoms with Gasteiger partial charge in [-0.2, -0.15) is 0 Å². The number of nitrogens with one attached hydrogen (secondary N) is 1. The molecule has 0 radical (unpaired) electrons. The van der Waals surface area contributed by atoms with Gasteiger partial charge in [0.15, 0.2) is 0 Å². The highest BCUT2D eigenvalue weighted by Crippen LogP contribution is 2.30. The van der Waals surface area contributed by atoms with Crippen LogP contribution in [0.5, 0.6) is 5.75 Å². The number of imide groups is 1. The summed E-state index contributed by atoms with van der Waals surface area (Å²) in [6.07, 6.45) is 0. The van der Waals surface area contributed by atoms with Crippen LogP contribution in [-0.4, -0.2) is 30.0 Å². The third-order valence-corrected chi connectivity index (χ3v) is 5.04. The molecule has 1 saturated heterocycles. The molecular weight excluding hydrogens is 452 g/mol. The van der Waals surface area contributed by atoms with Crippen molar-refractivity contribution in [2.75, 3.05) is 13.2 Å². The second-order valence-electron chi connectivity index (χ2n) is 5.83. The van der Waals surface area contributed by atoms with Crippen molar-refractivity contribution in [2.45, 2.75) is 12.5 Å². The zero-order chi connectivity index (χ0) is 18.0. The summed E-state index contributed by atoms with van der Waals surface area (Å²) in [6.45, 7) is 2.12. The van der Waals surface area contributed by atoms with Crippen molar-refractivity contribution >= 4 is 43.8 Å². The van der Waals surface area contributed by atoms with Crippen molar-refractivity contribution < 1.29 is 14.3 Å². The van der Waals surface area contributed by atoms with E-state index in [1.165, 1.54) is 4.90 Å². The van der Waals surface area contributed by atoms with E-state index in [1.807, 2.05) is 48.5 Å². The molecule has 1 atom stereocenters. The Morgan fingerprint density at radius 2 is 1.76 bits per heavy atom. The molecular formula is C18H16Br2N2O3. The highest BCUT2D eigenvalue weighted by atomic mass is 79.9. The van der Waals surface area contributed by atoms with Crippen molar-refractivity contribution in [3.05, 3.63) is 63.0 Å². The molecule has 0 saturated carbocycles. The minimum Gasteiger partial charge on any atom is -0.492 e. The van der Waals surface area contributed by atoms with Crippen LogP contribution in [0.1, 0.15) is 12.5 Å². The van der Waals surface area contributed by atoms with Crippen molar-refractivity contribution in [3.63, 3.8) is 0 Å². The molecule has 1 fully saturated rings. The number of amides is 3. The molecule has 3 amide bonds. The number of rotatable bonds is 5. The van der Waals surface area contributed by atoms with Gasteiger partial charge in [0.1, 0.15) is 17.9 Å². The zero-order valence-electron chi connectivity index (χ0n) is 13.5. The summed E-state index contributed by atoms with van der Waals surface area (Å²) < 4.78 is 7.38. The molecule has 5 nitrogen and oxygen atoms in total. The number of urea groups is 1. The Morgan fingerprint density at radius 1 is 1.08 bits per heavy atom. The minimum absolute atomic E-state index is 0.181. The van der Waals surface area contributed by atoms with Crippen molar-refractivity contribution in [1.82, 2.24) is 10.2 Å². The Balaban J connectivity index is 1.69. The average molecular weight is 468 g/mol. The normalized spacial score (nSPS) is 19.9. The largest absolute Gasteiger partial charge is 0.492 e. The second-order valence-corrected chi connectivity index (χ2v) is 7.66. The molecule has 1 heterocycles. The molecule has 0 aromatic heterocycles. The van der Waals surface area contributed by atoms with Crippen LogP contribution in [0, 0.1) is 0 Å². The van der Waals surface area contributed by atoms with Gasteiger partial charge in [0.2, 0.25) is 0 Å². The van der Waals surface area contributed by atoms with Crippen LogP contribution in [0.2, 0.25) is 0 Å². The maximum absolute atomic E-state index is 12.8. The van der Waals surface area contributed by atoms with Crippen LogP contribution in [0.25, 0.3) is 0 Å². The quantitative estimate of drug-likeness (QED) is 0.674. The molecule has 0 aliphatic carbocycles. The van der Waals surface area contributed by atoms with Crippen LogP contribution in [0.15, 0.2) is 57.5 Å². The molecule has 130 valence electrons. The van der Waals surface area contributed by atoms with Gasteiger partial charge in [0.05, 0.1) is 6.54 Å². The van der Waals surface area contributed by atoms with E-state index in [0.717, 1.165) is 14.5 Å². The summed E-state index contributed by atoms with van der Waals surface area (Å²) >= 11 is 6.77. The van der Waals surface area contributed by atoms with Gasteiger partial charge in [-0.05, 0) is 42.8 Å². The van der Waals surface area contributed by atoms with Gasteiger partial charge in [-0.15, -0.1) is 0 Å². The molecule has 25 heavy (non-hydrogen) atoms. The lowest BCUT2D eigenvalue weighted by Crippen LogP contribution is -2.41. The van der Waals surface area contributed by atoms with E-state index in [2.05, 4.69) is 37.2 Å². The van der Waals surface area contributed by atoms with Crippen molar-refractivity contribution in [2.24, 2.45) is 0 Å². The first kappa shape index (κ1) is 17.9. The number of hydrogen-bond donors (Lipinski definition) is 1. The van der Waals surface area contributed by atoms with E-state index in [9.17, 15) is 9.59 Å². The Morgan fingerprint density at radius 3 is 2.44 bits per heavy atom. The molecule has 7 heteroatoms. The molecule has 2 aromatic rings. The first-order valence-corrected chi connectivity index (χ1v) is 9.27. The minimum atomic E-state index is -1.07. The number of nitrogens with zero attached hydrogens (tertiary/aromatic N) is 1. The van der Waals surface area contributed by atoms with Gasteiger partial charge in [-0.25, -0.2) is 4.79 Å². The predicted octanol–water partition coefficient (Wildman–Crippen LogP) is 4.06. The van der Waals surface area contributed by atoms with Gasteiger partial charge in [0.25, 0.3) is 5.91 Å². The van der Waals surface area contributed by atoms with E-state index < -0.39 is 11.6 Å². The topological polar surface area (TPSA) is 58.6 Å². The average Bonchev–Trinajstić information content (AvgIpc) is 2.79. The Labute approximate surface area is 162 Å². The molecule has 1 aliphatic heterocycles. The standard InChI is InChI=1S/C18H16Br2N2O3/c1-18(12-4-2-5-13(19)10-12)16(23)22(17(24)21-18)8-9-25-15-7-3-6-14(20)11-15/h2-7,10-11H,8-9H2,1H3,(H,21,24). The van der Waals surface area contributed by atoms with Crippen molar-refractivity contribution in [3.8, 4) is 5.75 Å². The van der Waals surface area contributed by atoms with E-state index in [-0.39, 0.29) is 19.1 Å². The number of hydrogen-bond acceptors (Lipinski definition) is 3. The molecule has 1 N–H and O–H groups in total. The van der Waals surface area contributed by atoms with Crippen LogP contribution in [0.4, 0.5) is 4.79 Å². The number of carbonyl (C=O) groups is 2. The molecule has 3 rings (SSSR count). The molecule has 0 bridgehead atoms. The second kappa shape index (κ2) is 7.17. The first-order chi connectivity index (χ1) is 11.9. The summed E-state index contributed by atoms with van der Waals surface area (Å²) in [7, 11) is 0. The van der Waals surface area contributed by atoms with E-state index in [0.29, 0.717) is 5.75 Å². The van der Waals surface area contributed by atoms with E-state index in [4.69, 9.17) is 4.74 Å². The van der Waals surface area contributed by atoms with E-state index in [1.54, 1.807) is 6.92 Å². The summed E-state index contributed by atoms with van der Waals surface area (Å²) in [4.78, 5) is 26.3. The maximum Gasteiger partial charge on any atom is 0.325 e. The Hall–Kier alpha value is -1.86. The Kier molecular flexibility index (Phi) is 5.15. The molecule has 1 unspecified atom stereocenters. The van der Waals surface area contributed by atoms with E-state index >= 15 is 0 Å². The number of halogens is 2. The van der Waals surface area contributed by atoms with Crippen LogP contribution in [0.3, 0.4) is 0 Å². The van der Waals surface area contributed by atoms with Crippen LogP contribution in [-0.2, 0) is 10.3 Å². The number of ether oxygens (including phenoxy) is 1. The highest BCUT2D eigenvalue weighted by molar-refractivity contribution is 9.10. The van der Waals surface area contributed by atoms with Gasteiger partial charge in [0, 0.05) is 8.95 Å². The van der Waals surface area contributed by atoms with Crippen LogP contribution < -0.4 is 10.1 Å². The maximum atomic E-state index is 12.8. The lowest BCUT2D eigenvalue weighted by atomic mass is 9.92. The molecule has 1 aliphatic rings. The fourth-order valence-electron chi connectivity index (χ4n) is 2.71. The summed E-state index contributed by atoms with van der Waals surface area (Å²) in [5, 5.41) is 2.78. The van der Waals surface area contributed by atoms with Gasteiger partial charge < -0.3 is 10.1 Å². The third kappa shape index (κ3) is 3.72. The summed E-state index contributed by atoms with van der Waals surface area (Å²) in [6, 6.07) is 14.4. The number of benzene rings is 2. The van der Waals surface area contributed by atoms with Gasteiger partial charge >= 0.3 is 6.03 Å². The summed E-state index contributed by atoms with van der Waals surface area (Å²) in [5.41, 5.74) is -0.341. The fraction of sp³-hybridized carbons (Fsp3) is 0.222. The zero-order valence-corrected chi connectivity index (χ0v) is 16.6. The predicted molar refractivity (Wildman–Crippen MR) is 101 cm³/mol. The fourth-order valence-corrected chi connectivity index (χ4v) is 3.48. The molecule has 0 spiro atoms. The lowest BCUT2D eigenvalue weighted by Gasteiger charge is -2.22. The monoisotopic (exact) mass is 466 g/mol. The van der Waals surface area contributed by atoms with Crippen LogP contribution >= 0.6 is 31.9 Å².